The van der Waals surface area contributed by atoms with E-state index in [0.717, 1.165) is 206 Å². The number of rotatable bonds is 17. The number of fused-ring (bicyclic) bond motifs is 5. The van der Waals surface area contributed by atoms with Crippen molar-refractivity contribution in [3.8, 4) is 79.5 Å². The van der Waals surface area contributed by atoms with E-state index in [1.165, 1.54) is 45.1 Å². The first-order valence-electron chi connectivity index (χ1n) is 43.5. The van der Waals surface area contributed by atoms with E-state index in [9.17, 15) is 45.4 Å². The zero-order valence-corrected chi connectivity index (χ0v) is 77.3. The van der Waals surface area contributed by atoms with Gasteiger partial charge in [-0.25, -0.2) is 14.1 Å². The Hall–Kier alpha value is -13.8. The largest absolute Gasteiger partial charge is 0.396 e. The number of primary amides is 1. The molecule has 0 spiro atoms. The van der Waals surface area contributed by atoms with Gasteiger partial charge in [0.05, 0.1) is 69.2 Å². The average molecular weight is 1770 g/mol. The molecule has 0 bridgehead atoms. The summed E-state index contributed by atoms with van der Waals surface area (Å²) in [6, 6.07) is 47.8. The molecule has 1 fully saturated rings. The number of halogens is 3. The number of carbonyl (C=O) groups is 1. The van der Waals surface area contributed by atoms with Crippen LogP contribution in [0.3, 0.4) is 0 Å². The number of carbonyl (C=O) groups excluding carboxylic acids is 1. The summed E-state index contributed by atoms with van der Waals surface area (Å²) < 4.78 is 25.3. The molecule has 0 unspecified atom stereocenters. The van der Waals surface area contributed by atoms with Gasteiger partial charge in [-0.15, -0.1) is 0 Å². The van der Waals surface area contributed by atoms with Crippen molar-refractivity contribution in [2.45, 2.75) is 174 Å². The Morgan fingerprint density at radius 2 is 0.900 bits per heavy atom. The minimum Gasteiger partial charge on any atom is -0.396 e. The van der Waals surface area contributed by atoms with Crippen LogP contribution in [0.15, 0.2) is 177 Å². The van der Waals surface area contributed by atoms with E-state index in [0.29, 0.717) is 51.9 Å². The molecule has 16 aromatic rings. The third-order valence-corrected chi connectivity index (χ3v) is 26.3. The van der Waals surface area contributed by atoms with Crippen LogP contribution in [0.4, 0.5) is 15.8 Å². The number of aliphatic hydroxyl groups excluding tert-OH is 4. The van der Waals surface area contributed by atoms with Crippen molar-refractivity contribution < 1.29 is 29.6 Å². The van der Waals surface area contributed by atoms with Crippen molar-refractivity contribution in [1.29, 1.82) is 15.8 Å². The molecule has 1 aliphatic rings. The standard InChI is InChI=1S/C23H17ClN4O.C23H23FN2O.C22H24N2O.C20H20ClN3O.C20H21N3O/c1-13-8-21-17(9-20(13)26-3)19(18-11-27-10-14(2)22(18)24)12-28(21)16-6-4-15(5-7-16)23(25)29;1-14-4-3-5-19(15(14)2)21-13-26(17-6-8-18(27)9-7-17)23-11-22(24)16(12-25)10-20(21)23;1-14-7-5-8-19(16(14)3)22-17(4)24(9-6-10-25)21-11-15(2)18(13-23)12-20(21)22;1-12-8-18-15(9-17(12)22-4)19(14(3)24(18)6-5-7-25)16-11-23-10-13(2)20(16)21;1-13-7-17(12-22-11-13)20-15(3)23(5-4-6-24)19-8-14(2)16(10-21)9-18(19)20/h4-12H,1-2H3,(H2,25,29);3-5,10-11,13,17-18,27H,6-9H2,1-2H3;5,7-8,11-12,25H,6,9-10H2,1-4H3;8-11,25H,5-7H2,1-3H3;7-9,11-12,24H,4-6H2,1-3H3. The summed E-state index contributed by atoms with van der Waals surface area (Å²) >= 11 is 13.2. The van der Waals surface area contributed by atoms with E-state index in [1.807, 2.05) is 132 Å². The van der Waals surface area contributed by atoms with Gasteiger partial charge in [0.2, 0.25) is 5.91 Å². The lowest BCUT2D eigenvalue weighted by Gasteiger charge is -2.27. The van der Waals surface area contributed by atoms with Gasteiger partial charge >= 0.3 is 0 Å². The number of nitriles is 3. The SMILES string of the molecule is Cc1cc2c(cc1C#N)c(-c1cccc(C)c1C)c(C)n2CCCO.Cc1cccc(-c2cn(C3CCC(O)CC3)c3cc(F)c(C#N)cc23)c1C.Cc1cncc(-c2c(C)n(CCCO)c3cc(C)c(C#N)cc23)c1.[C-]#[N+]c1cc2c(-c3cncc(C)c3Cl)c(C)n(CCCO)c2cc1C.[C-]#[N+]c1cc2c(-c3cncc(C)c3Cl)cn(-c3ccc(C(N)=O)cc3)c2cc1C. The van der Waals surface area contributed by atoms with Gasteiger partial charge in [-0.1, -0.05) is 59.6 Å². The van der Waals surface area contributed by atoms with Gasteiger partial charge in [0.15, 0.2) is 11.4 Å². The smallest absolute Gasteiger partial charge is 0.248 e. The first-order valence-corrected chi connectivity index (χ1v) is 44.2. The summed E-state index contributed by atoms with van der Waals surface area (Å²) in [5, 5.41) is 72.1. The van der Waals surface area contributed by atoms with Crippen molar-refractivity contribution >= 4 is 95.0 Å². The third-order valence-electron chi connectivity index (χ3n) is 25.3. The van der Waals surface area contributed by atoms with Crippen LogP contribution >= 0.6 is 23.2 Å². The molecule has 22 heteroatoms. The lowest BCUT2D eigenvalue weighted by molar-refractivity contribution is 0.1000. The number of nitrogens with two attached hydrogens (primary N) is 1. The number of aryl methyl sites for hydroxylation is 12. The first-order chi connectivity index (χ1) is 62.4. The molecule has 17 rings (SSSR count). The third kappa shape index (κ3) is 18.9. The number of benzene rings is 8. The molecule has 19 nitrogen and oxygen atoms in total. The fourth-order valence-corrected chi connectivity index (χ4v) is 18.3. The number of amides is 1. The lowest BCUT2D eigenvalue weighted by Crippen LogP contribution is -2.20. The van der Waals surface area contributed by atoms with E-state index in [2.05, 4.69) is 158 Å². The van der Waals surface area contributed by atoms with Gasteiger partial charge in [-0.2, -0.15) is 15.8 Å². The van der Waals surface area contributed by atoms with Crippen molar-refractivity contribution in [1.82, 2.24) is 37.8 Å². The summed E-state index contributed by atoms with van der Waals surface area (Å²) in [5.41, 5.74) is 39.9. The van der Waals surface area contributed by atoms with Gasteiger partial charge in [0, 0.05) is 201 Å². The molecule has 130 heavy (non-hydrogen) atoms. The maximum absolute atomic E-state index is 14.4. The number of pyridine rings is 3. The monoisotopic (exact) mass is 1770 g/mol. The van der Waals surface area contributed by atoms with E-state index < -0.39 is 11.7 Å². The van der Waals surface area contributed by atoms with Crippen molar-refractivity contribution in [2.24, 2.45) is 5.73 Å². The lowest BCUT2D eigenvalue weighted by atomic mass is 9.93. The molecule has 0 radical (unpaired) electrons. The van der Waals surface area contributed by atoms with E-state index in [-0.39, 0.29) is 37.5 Å². The van der Waals surface area contributed by atoms with Gasteiger partial charge in [0.1, 0.15) is 11.9 Å². The predicted molar refractivity (Wildman–Crippen MR) is 522 cm³/mol. The Bertz CT molecular complexity index is 7140. The van der Waals surface area contributed by atoms with Crippen molar-refractivity contribution in [3.05, 3.63) is 316 Å². The molecule has 8 aromatic carbocycles. The van der Waals surface area contributed by atoms with Crippen LogP contribution in [0.25, 0.3) is 126 Å². The molecular formula is C108H105Cl2FN14O5. The highest BCUT2D eigenvalue weighted by atomic mass is 35.5. The molecule has 8 aromatic heterocycles. The van der Waals surface area contributed by atoms with Crippen LogP contribution in [0, 0.1) is 150 Å². The number of hydrogen-bond acceptors (Lipinski definition) is 11. The Labute approximate surface area is 768 Å². The van der Waals surface area contributed by atoms with E-state index in [4.69, 9.17) is 42.1 Å². The molecule has 1 saturated carbocycles. The zero-order valence-electron chi connectivity index (χ0n) is 75.8. The fourth-order valence-electron chi connectivity index (χ4n) is 18.0. The van der Waals surface area contributed by atoms with Crippen molar-refractivity contribution in [3.63, 3.8) is 0 Å². The molecule has 1 aliphatic carbocycles. The number of aliphatic hydroxyl groups is 4. The molecule has 1 amide bonds. The Morgan fingerprint density at radius 3 is 1.42 bits per heavy atom. The van der Waals surface area contributed by atoms with Gasteiger partial charge < -0.3 is 49.0 Å². The fraction of sp³-hybridized carbons (Fsp3) is 0.269. The second kappa shape index (κ2) is 40.7. The van der Waals surface area contributed by atoms with Crippen LogP contribution in [0.5, 0.6) is 0 Å². The van der Waals surface area contributed by atoms with Crippen LogP contribution in [-0.2, 0) is 19.6 Å². The summed E-state index contributed by atoms with van der Waals surface area (Å²) in [5.74, 6) is -0.947. The maximum Gasteiger partial charge on any atom is 0.248 e. The molecule has 0 saturated heterocycles. The summed E-state index contributed by atoms with van der Waals surface area (Å²) in [6.45, 7) is 46.1. The van der Waals surface area contributed by atoms with Gasteiger partial charge in [-0.05, 0) is 316 Å². The van der Waals surface area contributed by atoms with Crippen LogP contribution in [-0.4, -0.2) is 90.0 Å². The maximum atomic E-state index is 14.4. The second-order valence-corrected chi connectivity index (χ2v) is 34.5. The number of aromatic nitrogens is 8. The molecule has 6 N–H and O–H groups in total. The Morgan fingerprint density at radius 1 is 0.462 bits per heavy atom. The Balaban J connectivity index is 0.000000139. The van der Waals surface area contributed by atoms with E-state index >= 15 is 0 Å². The summed E-state index contributed by atoms with van der Waals surface area (Å²) in [7, 11) is 0. The molecule has 0 aliphatic heterocycles. The molecular weight excluding hydrogens is 1660 g/mol. The highest BCUT2D eigenvalue weighted by Gasteiger charge is 2.28. The van der Waals surface area contributed by atoms with Crippen LogP contribution in [0.2, 0.25) is 10.0 Å². The van der Waals surface area contributed by atoms with E-state index in [1.54, 1.807) is 43.0 Å². The van der Waals surface area contributed by atoms with Gasteiger partial charge in [-0.3, -0.25) is 19.7 Å². The topological polar surface area (TPSA) is 267 Å². The summed E-state index contributed by atoms with van der Waals surface area (Å²) in [6.07, 6.45) is 19.9. The quantitative estimate of drug-likeness (QED) is 0.0535. The molecule has 8 heterocycles. The average Bonchev–Trinajstić information content (AvgIpc) is 1.63. The molecule has 0 atom stereocenters. The highest BCUT2D eigenvalue weighted by Crippen LogP contribution is 2.46. The summed E-state index contributed by atoms with van der Waals surface area (Å²) in [4.78, 5) is 31.6. The first kappa shape index (κ1) is 93.8. The number of hydrogen-bond donors (Lipinski definition) is 5. The zero-order chi connectivity index (χ0) is 93.4. The molecule has 658 valence electrons. The minimum absolute atomic E-state index is 0.0749. The normalized spacial score (nSPS) is 12.8. The van der Waals surface area contributed by atoms with Crippen LogP contribution < -0.4 is 5.73 Å². The Kier molecular flexibility index (Phi) is 29.3. The highest BCUT2D eigenvalue weighted by molar-refractivity contribution is 6.35. The minimum atomic E-state index is -0.479. The number of nitrogens with zero attached hydrogens (tertiary/aromatic N) is 13. The van der Waals surface area contributed by atoms with Crippen molar-refractivity contribution in [2.75, 3.05) is 19.8 Å². The second-order valence-electron chi connectivity index (χ2n) is 33.8. The van der Waals surface area contributed by atoms with Crippen LogP contribution in [0.1, 0.15) is 156 Å². The van der Waals surface area contributed by atoms with Gasteiger partial charge in [0.25, 0.3) is 0 Å². The predicted octanol–water partition coefficient (Wildman–Crippen LogP) is 24.9.